The Morgan fingerprint density at radius 1 is 0.900 bits per heavy atom. The fourth-order valence-corrected chi connectivity index (χ4v) is 2.88. The van der Waals surface area contributed by atoms with Crippen LogP contribution in [0.2, 0.25) is 5.02 Å². The summed E-state index contributed by atoms with van der Waals surface area (Å²) in [6.45, 7) is 3.95. The van der Waals surface area contributed by atoms with Crippen LogP contribution in [0.1, 0.15) is 0 Å². The molecule has 1 saturated heterocycles. The molecule has 3 nitrogen and oxygen atoms in total. The zero-order valence-corrected chi connectivity index (χ0v) is 13.3. The quantitative estimate of drug-likeness (QED) is 0.766. The molecule has 0 N–H and O–H groups in total. The van der Waals surface area contributed by atoms with Gasteiger partial charge in [0.2, 0.25) is 0 Å². The van der Waals surface area contributed by atoms with E-state index in [2.05, 4.69) is 48.9 Å². The number of benzene rings is 1. The maximum absolute atomic E-state index is 5.93. The molecule has 0 spiro atoms. The van der Waals surface area contributed by atoms with Crippen LogP contribution >= 0.6 is 27.5 Å². The van der Waals surface area contributed by atoms with E-state index in [4.69, 9.17) is 11.6 Å². The van der Waals surface area contributed by atoms with Crippen molar-refractivity contribution in [3.05, 3.63) is 52.1 Å². The van der Waals surface area contributed by atoms with Gasteiger partial charge >= 0.3 is 0 Å². The summed E-state index contributed by atoms with van der Waals surface area (Å²) in [6.07, 6.45) is 0. The topological polar surface area (TPSA) is 19.4 Å². The van der Waals surface area contributed by atoms with Gasteiger partial charge in [-0.1, -0.05) is 17.7 Å². The molecule has 1 aliphatic rings. The summed E-state index contributed by atoms with van der Waals surface area (Å²) in [7, 11) is 0. The number of anilines is 2. The lowest BCUT2D eigenvalue weighted by atomic mass is 10.2. The maximum atomic E-state index is 5.93. The van der Waals surface area contributed by atoms with E-state index in [0.717, 1.165) is 41.6 Å². The second-order valence-electron chi connectivity index (χ2n) is 4.77. The highest BCUT2D eigenvalue weighted by atomic mass is 79.9. The minimum atomic E-state index is 0.783. The first-order valence-electron chi connectivity index (χ1n) is 6.60. The van der Waals surface area contributed by atoms with Crippen LogP contribution in [-0.4, -0.2) is 31.2 Å². The van der Waals surface area contributed by atoms with E-state index in [0.29, 0.717) is 0 Å². The largest absolute Gasteiger partial charge is 0.368 e. The first kappa shape index (κ1) is 13.7. The molecule has 20 heavy (non-hydrogen) atoms. The molecule has 5 heteroatoms. The average Bonchev–Trinajstić information content (AvgIpc) is 2.48. The normalized spacial score (nSPS) is 15.5. The average molecular weight is 353 g/mol. The first-order chi connectivity index (χ1) is 9.72. The highest BCUT2D eigenvalue weighted by Crippen LogP contribution is 2.22. The van der Waals surface area contributed by atoms with Gasteiger partial charge in [-0.25, -0.2) is 4.98 Å². The van der Waals surface area contributed by atoms with Crippen LogP contribution in [0, 0.1) is 0 Å². The van der Waals surface area contributed by atoms with Crippen molar-refractivity contribution in [2.45, 2.75) is 0 Å². The SMILES string of the molecule is Clc1ccc(N2CCN(c3cccc(Br)n3)CC2)cc1. The maximum Gasteiger partial charge on any atom is 0.129 e. The van der Waals surface area contributed by atoms with Crippen molar-refractivity contribution in [3.63, 3.8) is 0 Å². The Labute approximate surface area is 132 Å². The van der Waals surface area contributed by atoms with E-state index in [1.165, 1.54) is 5.69 Å². The molecule has 0 aliphatic carbocycles. The molecular weight excluding hydrogens is 338 g/mol. The van der Waals surface area contributed by atoms with Crippen LogP contribution in [0.15, 0.2) is 47.1 Å². The Bertz CT molecular complexity index is 580. The first-order valence-corrected chi connectivity index (χ1v) is 7.77. The molecular formula is C15H15BrClN3. The van der Waals surface area contributed by atoms with Gasteiger partial charge in [-0.3, -0.25) is 0 Å². The Hall–Kier alpha value is -1.26. The van der Waals surface area contributed by atoms with Gasteiger partial charge in [0.25, 0.3) is 0 Å². The third-order valence-electron chi connectivity index (χ3n) is 3.50. The molecule has 0 amide bonds. The molecule has 1 aromatic carbocycles. The Balaban J connectivity index is 1.66. The van der Waals surface area contributed by atoms with Gasteiger partial charge < -0.3 is 9.80 Å². The van der Waals surface area contributed by atoms with Crippen molar-refractivity contribution in [2.75, 3.05) is 36.0 Å². The van der Waals surface area contributed by atoms with Crippen LogP contribution in [-0.2, 0) is 0 Å². The summed E-state index contributed by atoms with van der Waals surface area (Å²) in [5, 5.41) is 0.783. The Kier molecular flexibility index (Phi) is 4.13. The molecule has 1 aliphatic heterocycles. The summed E-state index contributed by atoms with van der Waals surface area (Å²) < 4.78 is 0.884. The van der Waals surface area contributed by atoms with E-state index >= 15 is 0 Å². The fraction of sp³-hybridized carbons (Fsp3) is 0.267. The van der Waals surface area contributed by atoms with Gasteiger partial charge in [0.1, 0.15) is 10.4 Å². The molecule has 1 aromatic heterocycles. The third-order valence-corrected chi connectivity index (χ3v) is 4.19. The zero-order chi connectivity index (χ0) is 13.9. The van der Waals surface area contributed by atoms with Crippen molar-refractivity contribution in [1.29, 1.82) is 0 Å². The predicted octanol–water partition coefficient (Wildman–Crippen LogP) is 3.82. The molecule has 1 fully saturated rings. The molecule has 2 heterocycles. The van der Waals surface area contributed by atoms with Crippen LogP contribution in [0.5, 0.6) is 0 Å². The third kappa shape index (κ3) is 3.07. The lowest BCUT2D eigenvalue weighted by molar-refractivity contribution is 0.647. The van der Waals surface area contributed by atoms with Crippen LogP contribution in [0.4, 0.5) is 11.5 Å². The van der Waals surface area contributed by atoms with Gasteiger partial charge in [-0.2, -0.15) is 0 Å². The van der Waals surface area contributed by atoms with Gasteiger partial charge in [0.05, 0.1) is 0 Å². The number of nitrogens with zero attached hydrogens (tertiary/aromatic N) is 3. The lowest BCUT2D eigenvalue weighted by Gasteiger charge is -2.36. The minimum Gasteiger partial charge on any atom is -0.368 e. The van der Waals surface area contributed by atoms with Gasteiger partial charge in [0, 0.05) is 36.9 Å². The van der Waals surface area contributed by atoms with Crippen LogP contribution in [0.3, 0.4) is 0 Å². The van der Waals surface area contributed by atoms with Gasteiger partial charge in [-0.05, 0) is 52.3 Å². The van der Waals surface area contributed by atoms with E-state index in [1.807, 2.05) is 24.3 Å². The lowest BCUT2D eigenvalue weighted by Crippen LogP contribution is -2.46. The van der Waals surface area contributed by atoms with Crippen molar-refractivity contribution in [3.8, 4) is 0 Å². The summed E-state index contributed by atoms with van der Waals surface area (Å²) >= 11 is 9.35. The highest BCUT2D eigenvalue weighted by molar-refractivity contribution is 9.10. The van der Waals surface area contributed by atoms with E-state index in [9.17, 15) is 0 Å². The van der Waals surface area contributed by atoms with Crippen molar-refractivity contribution < 1.29 is 0 Å². The Morgan fingerprint density at radius 2 is 1.55 bits per heavy atom. The van der Waals surface area contributed by atoms with Crippen LogP contribution < -0.4 is 9.80 Å². The smallest absolute Gasteiger partial charge is 0.129 e. The Morgan fingerprint density at radius 3 is 2.20 bits per heavy atom. The zero-order valence-electron chi connectivity index (χ0n) is 11.0. The number of pyridine rings is 1. The predicted molar refractivity (Wildman–Crippen MR) is 87.8 cm³/mol. The molecule has 0 saturated carbocycles. The van der Waals surface area contributed by atoms with E-state index < -0.39 is 0 Å². The standard InChI is InChI=1S/C15H15BrClN3/c16-14-2-1-3-15(18-14)20-10-8-19(9-11-20)13-6-4-12(17)5-7-13/h1-7H,8-11H2. The van der Waals surface area contributed by atoms with E-state index in [-0.39, 0.29) is 0 Å². The van der Waals surface area contributed by atoms with Crippen molar-refractivity contribution >= 4 is 39.0 Å². The molecule has 104 valence electrons. The fourth-order valence-electron chi connectivity index (χ4n) is 2.42. The molecule has 0 bridgehead atoms. The second-order valence-corrected chi connectivity index (χ2v) is 6.02. The number of piperazine rings is 1. The summed E-state index contributed by atoms with van der Waals surface area (Å²) in [4.78, 5) is 9.21. The summed E-state index contributed by atoms with van der Waals surface area (Å²) in [6, 6.07) is 14.1. The number of rotatable bonds is 2. The molecule has 0 unspecified atom stereocenters. The summed E-state index contributed by atoms with van der Waals surface area (Å²) in [5.74, 6) is 1.04. The highest BCUT2D eigenvalue weighted by Gasteiger charge is 2.18. The van der Waals surface area contributed by atoms with Crippen molar-refractivity contribution in [2.24, 2.45) is 0 Å². The molecule has 3 rings (SSSR count). The minimum absolute atomic E-state index is 0.783. The molecule has 0 atom stereocenters. The molecule has 0 radical (unpaired) electrons. The second kappa shape index (κ2) is 6.02. The van der Waals surface area contributed by atoms with Gasteiger partial charge in [-0.15, -0.1) is 0 Å². The van der Waals surface area contributed by atoms with Gasteiger partial charge in [0.15, 0.2) is 0 Å². The summed E-state index contributed by atoms with van der Waals surface area (Å²) in [5.41, 5.74) is 1.23. The number of hydrogen-bond acceptors (Lipinski definition) is 3. The number of halogens is 2. The van der Waals surface area contributed by atoms with Crippen molar-refractivity contribution in [1.82, 2.24) is 4.98 Å². The van der Waals surface area contributed by atoms with E-state index in [1.54, 1.807) is 0 Å². The number of aromatic nitrogens is 1. The number of hydrogen-bond donors (Lipinski definition) is 0. The van der Waals surface area contributed by atoms with Crippen LogP contribution in [0.25, 0.3) is 0 Å². The molecule has 2 aromatic rings. The monoisotopic (exact) mass is 351 g/mol.